The number of nitro benzene ring substituents is 2. The molecule has 0 amide bonds. The van der Waals surface area contributed by atoms with E-state index >= 15 is 0 Å². The Kier molecular flexibility index (Phi) is 32.6. The molecule has 10 aromatic carbocycles. The monoisotopic (exact) mass is 1610 g/mol. The Morgan fingerprint density at radius 3 is 0.560 bits per heavy atom. The van der Waals surface area contributed by atoms with Crippen LogP contribution in [0.1, 0.15) is 114 Å². The van der Waals surface area contributed by atoms with Crippen LogP contribution in [0.2, 0.25) is 0 Å². The molecular formula is C86H89N3O12S8. The van der Waals surface area contributed by atoms with Gasteiger partial charge in [0.05, 0.1) is 147 Å². The van der Waals surface area contributed by atoms with Gasteiger partial charge in [0.1, 0.15) is 46.0 Å². The Balaban J connectivity index is 0.000000224. The summed E-state index contributed by atoms with van der Waals surface area (Å²) < 4.78 is 52.6. The van der Waals surface area contributed by atoms with Crippen LogP contribution in [0.4, 0.5) is 11.4 Å². The Morgan fingerprint density at radius 2 is 0.413 bits per heavy atom. The van der Waals surface area contributed by atoms with Crippen molar-refractivity contribution in [1.82, 2.24) is 0 Å². The fourth-order valence-electron chi connectivity index (χ4n) is 11.0. The van der Waals surface area contributed by atoms with Crippen LogP contribution in [0.5, 0.6) is 46.0 Å². The molecule has 0 N–H and O–H groups in total. The fourth-order valence-corrected chi connectivity index (χ4v) is 20.1. The third-order valence-corrected chi connectivity index (χ3v) is 24.5. The Labute approximate surface area is 674 Å². The van der Waals surface area contributed by atoms with E-state index in [1.54, 1.807) is 149 Å². The summed E-state index contributed by atoms with van der Waals surface area (Å²) in [7, 11) is 0. The summed E-state index contributed by atoms with van der Waals surface area (Å²) in [6, 6.07) is 61.4. The van der Waals surface area contributed by atoms with Crippen molar-refractivity contribution in [2.45, 2.75) is 192 Å². The largest absolute Gasteiger partial charge is 0.491 e. The second kappa shape index (κ2) is 42.8. The van der Waals surface area contributed by atoms with Gasteiger partial charge in [-0.25, -0.2) is 0 Å². The highest BCUT2D eigenvalue weighted by Gasteiger charge is 2.28. The number of hydrogen-bond acceptors (Lipinski definition) is 21. The molecule has 109 heavy (non-hydrogen) atoms. The third kappa shape index (κ3) is 22.1. The first-order valence-electron chi connectivity index (χ1n) is 36.7. The second-order valence-corrected chi connectivity index (χ2v) is 33.2. The van der Waals surface area contributed by atoms with Gasteiger partial charge in [-0.05, 0) is 195 Å². The van der Waals surface area contributed by atoms with E-state index in [4.69, 9.17) is 43.2 Å². The minimum Gasteiger partial charge on any atom is -0.491 e. The van der Waals surface area contributed by atoms with Gasteiger partial charge in [0.15, 0.2) is 0 Å². The molecule has 0 saturated heterocycles. The van der Waals surface area contributed by atoms with Gasteiger partial charge in [-0.2, -0.15) is 5.26 Å². The molecule has 16 bridgehead atoms. The van der Waals surface area contributed by atoms with Crippen molar-refractivity contribution in [2.24, 2.45) is 0 Å². The smallest absolute Gasteiger partial charge is 0.269 e. The predicted molar refractivity (Wildman–Crippen MR) is 446 cm³/mol. The summed E-state index contributed by atoms with van der Waals surface area (Å²) in [5.41, 5.74) is 3.68. The lowest BCUT2D eigenvalue weighted by Gasteiger charge is -2.22. The molecule has 0 fully saturated rings. The maximum atomic E-state index is 11.5. The van der Waals surface area contributed by atoms with Gasteiger partial charge in [0, 0.05) is 31.2 Å². The van der Waals surface area contributed by atoms with Crippen LogP contribution in [0.3, 0.4) is 0 Å². The number of ether oxygens (including phenoxy) is 8. The van der Waals surface area contributed by atoms with E-state index in [9.17, 15) is 20.2 Å². The van der Waals surface area contributed by atoms with E-state index in [-0.39, 0.29) is 21.2 Å². The van der Waals surface area contributed by atoms with Crippen molar-refractivity contribution >= 4 is 105 Å². The summed E-state index contributed by atoms with van der Waals surface area (Å²) in [6.07, 6.45) is 6.91. The maximum Gasteiger partial charge on any atom is 0.269 e. The van der Waals surface area contributed by atoms with Gasteiger partial charge < -0.3 is 37.9 Å². The van der Waals surface area contributed by atoms with E-state index in [2.05, 4.69) is 189 Å². The molecule has 15 nitrogen and oxygen atoms in total. The molecule has 0 unspecified atom stereocenters. The van der Waals surface area contributed by atoms with Crippen molar-refractivity contribution in [1.29, 1.82) is 5.26 Å². The number of nitriles is 1. The zero-order valence-corrected chi connectivity index (χ0v) is 69.2. The van der Waals surface area contributed by atoms with Crippen molar-refractivity contribution in [3.05, 3.63) is 202 Å². The normalized spacial score (nSPS) is 12.0. The Bertz CT molecular complexity index is 4270. The number of benzene rings is 10. The van der Waals surface area contributed by atoms with Crippen molar-refractivity contribution < 1.29 is 47.7 Å². The van der Waals surface area contributed by atoms with Gasteiger partial charge in [-0.3, -0.25) is 20.2 Å². The molecule has 2 aliphatic heterocycles. The number of hydrogen-bond donors (Lipinski definition) is 0. The number of rotatable bonds is 28. The average Bonchev–Trinajstić information content (AvgIpc) is 0.781. The zero-order valence-electron chi connectivity index (χ0n) is 62.6. The number of non-ortho nitro benzene ring substituents is 2. The lowest BCUT2D eigenvalue weighted by atomic mass is 10.1. The van der Waals surface area contributed by atoms with Gasteiger partial charge in [0.2, 0.25) is 0 Å². The van der Waals surface area contributed by atoms with E-state index < -0.39 is 0 Å². The highest BCUT2D eigenvalue weighted by Crippen LogP contribution is 2.57. The predicted octanol–water partition coefficient (Wildman–Crippen LogP) is 27.2. The summed E-state index contributed by atoms with van der Waals surface area (Å²) in [5.74, 6) is 6.51. The highest BCUT2D eigenvalue weighted by atomic mass is 32.2. The molecule has 12 rings (SSSR count). The molecule has 2 heterocycles. The second-order valence-electron chi connectivity index (χ2n) is 24.5. The first-order chi connectivity index (χ1) is 53.3. The van der Waals surface area contributed by atoms with E-state index in [1.165, 1.54) is 6.92 Å². The molecule has 0 radical (unpaired) electrons. The van der Waals surface area contributed by atoms with Crippen molar-refractivity contribution in [3.63, 3.8) is 0 Å². The van der Waals surface area contributed by atoms with Crippen molar-refractivity contribution in [2.75, 3.05) is 52.9 Å². The molecule has 0 aliphatic carbocycles. The lowest BCUT2D eigenvalue weighted by Crippen LogP contribution is -2.02. The van der Waals surface area contributed by atoms with E-state index in [0.717, 1.165) is 198 Å². The molecule has 0 spiro atoms. The lowest BCUT2D eigenvalue weighted by molar-refractivity contribution is -0.385. The van der Waals surface area contributed by atoms with Crippen LogP contribution in [-0.2, 0) is 0 Å². The molecule has 0 saturated carbocycles. The highest BCUT2D eigenvalue weighted by molar-refractivity contribution is 8.02. The number of para-hydroxylation sites is 6. The number of fused-ring (bicyclic) bond motifs is 16. The van der Waals surface area contributed by atoms with Crippen LogP contribution in [-0.4, -0.2) is 62.7 Å². The van der Waals surface area contributed by atoms with Crippen LogP contribution in [0, 0.1) is 31.6 Å². The van der Waals surface area contributed by atoms with Gasteiger partial charge in [-0.15, -0.1) is 0 Å². The van der Waals surface area contributed by atoms with Crippen LogP contribution in [0.15, 0.2) is 260 Å². The summed E-state index contributed by atoms with van der Waals surface area (Å²) in [4.78, 5) is 37.8. The fraction of sp³-hybridized carbons (Fsp3) is 0.291. The summed E-state index contributed by atoms with van der Waals surface area (Å²) in [5, 5.41) is 30.4. The quantitative estimate of drug-likeness (QED) is 0.0333. The van der Waals surface area contributed by atoms with Crippen molar-refractivity contribution in [3.8, 4) is 74.3 Å². The minimum absolute atomic E-state index is 0.0504. The van der Waals surface area contributed by atoms with Gasteiger partial charge >= 0.3 is 0 Å². The van der Waals surface area contributed by atoms with E-state index in [1.807, 2.05) is 0 Å². The summed E-state index contributed by atoms with van der Waals surface area (Å²) >= 11 is 13.0. The standard InChI is InChI=1S/2C42H43NO6S4.C2H3N/c2*1-5-22-46-39-31-12-9-13-32(39)51-34-15-11-17-36(41(34)48-24-7-3)53-38-27-29(28-18-20-30(21-19-28)43(44)45)26-37(42(38)49-25-8-4)52-35-16-10-14-33(50-31)40(35)47-23-6-2;1-2-3/h2*9-21,26-27H,5-8,22-25H2,1-4H3;1H3. The molecule has 2 aliphatic rings. The minimum atomic E-state index is -0.372. The topological polar surface area (TPSA) is 184 Å². The first kappa shape index (κ1) is 83.2. The van der Waals surface area contributed by atoms with Crippen LogP contribution < -0.4 is 37.9 Å². The molecular weight excluding hydrogens is 1520 g/mol. The molecule has 23 heteroatoms. The molecule has 0 aromatic heterocycles. The Hall–Kier alpha value is -8.31. The number of nitrogens with zero attached hydrogens (tertiary/aromatic N) is 3. The van der Waals surface area contributed by atoms with Crippen LogP contribution in [0.25, 0.3) is 22.3 Å². The number of nitro groups is 2. The molecule has 10 aromatic rings. The molecule has 568 valence electrons. The van der Waals surface area contributed by atoms with Gasteiger partial charge in [-0.1, -0.05) is 186 Å². The average molecular weight is 1610 g/mol. The molecule has 0 atom stereocenters. The summed E-state index contributed by atoms with van der Waals surface area (Å²) in [6.45, 7) is 22.9. The zero-order chi connectivity index (χ0) is 77.0. The van der Waals surface area contributed by atoms with E-state index in [0.29, 0.717) is 52.9 Å². The van der Waals surface area contributed by atoms with Gasteiger partial charge in [0.25, 0.3) is 11.4 Å². The van der Waals surface area contributed by atoms with Crippen LogP contribution >= 0.6 is 94.1 Å². The first-order valence-corrected chi connectivity index (χ1v) is 43.2. The SMILES string of the molecule is CC#N.CCCOc1c2cccc1Sc1cccc(c1OCCC)Sc1cc(-c3ccc([N+](=O)[O-])cc3)cc(c1OCCC)Sc1cccc(c1OCCC)S2.CCCOc1c2cccc1Sc1cccc(c1OCCC)Sc1cc(-c3ccc([N+](=O)[O-])cc3)cc(c1OCCC)Sc1cccc(c1OCCC)S2. The maximum absolute atomic E-state index is 11.5. The Morgan fingerprint density at radius 1 is 0.266 bits per heavy atom. The third-order valence-electron chi connectivity index (χ3n) is 15.9.